The molecule has 0 saturated carbocycles. The molecule has 0 spiro atoms. The van der Waals surface area contributed by atoms with Gasteiger partial charge in [0.15, 0.2) is 0 Å². The molecule has 0 aliphatic rings. The Morgan fingerprint density at radius 1 is 1.09 bits per heavy atom. The summed E-state index contributed by atoms with van der Waals surface area (Å²) in [6.07, 6.45) is 0.488. The van der Waals surface area contributed by atoms with Crippen LogP contribution in [0.2, 0.25) is 0 Å². The maximum atomic E-state index is 13.1. The van der Waals surface area contributed by atoms with Crippen molar-refractivity contribution in [3.63, 3.8) is 0 Å². The number of nitrogens with one attached hydrogen (secondary N) is 1. The van der Waals surface area contributed by atoms with Gasteiger partial charge in [-0.1, -0.05) is 30.3 Å². The first kappa shape index (κ1) is 16.1. The lowest BCUT2D eigenvalue weighted by molar-refractivity contribution is 0.0948. The van der Waals surface area contributed by atoms with E-state index in [1.165, 1.54) is 0 Å². The van der Waals surface area contributed by atoms with Crippen molar-refractivity contribution in [2.75, 3.05) is 13.2 Å². The van der Waals surface area contributed by atoms with Crippen LogP contribution >= 0.6 is 0 Å². The SMILES string of the molecule is O=C(NCC(CCO)c1ccccc1)c1cc(F)cc(F)c1. The lowest BCUT2D eigenvalue weighted by Gasteiger charge is -2.17. The predicted octanol–water partition coefficient (Wildman–Crippen LogP) is 2.86. The highest BCUT2D eigenvalue weighted by Crippen LogP contribution is 2.18. The first-order valence-electron chi connectivity index (χ1n) is 7.00. The Labute approximate surface area is 127 Å². The van der Waals surface area contributed by atoms with E-state index in [1.807, 2.05) is 30.3 Å². The summed E-state index contributed by atoms with van der Waals surface area (Å²) in [4.78, 5) is 12.0. The third kappa shape index (κ3) is 4.36. The molecule has 5 heteroatoms. The summed E-state index contributed by atoms with van der Waals surface area (Å²) in [5.74, 6) is -2.19. The highest BCUT2D eigenvalue weighted by Gasteiger charge is 2.14. The van der Waals surface area contributed by atoms with Gasteiger partial charge in [-0.05, 0) is 24.1 Å². The Bertz CT molecular complexity index is 612. The number of rotatable bonds is 6. The standard InChI is InChI=1S/C17H17F2NO2/c18-15-8-14(9-16(19)10-15)17(22)20-11-13(6-7-21)12-4-2-1-3-5-12/h1-5,8-10,13,21H,6-7,11H2,(H,20,22). The lowest BCUT2D eigenvalue weighted by atomic mass is 9.96. The van der Waals surface area contributed by atoms with E-state index < -0.39 is 17.5 Å². The van der Waals surface area contributed by atoms with Crippen LogP contribution in [0.1, 0.15) is 28.3 Å². The van der Waals surface area contributed by atoms with Gasteiger partial charge in [0.2, 0.25) is 0 Å². The molecule has 0 aromatic heterocycles. The van der Waals surface area contributed by atoms with Gasteiger partial charge in [0.25, 0.3) is 5.91 Å². The van der Waals surface area contributed by atoms with Crippen LogP contribution in [0.25, 0.3) is 0 Å². The van der Waals surface area contributed by atoms with E-state index in [1.54, 1.807) is 0 Å². The predicted molar refractivity (Wildman–Crippen MR) is 79.6 cm³/mol. The highest BCUT2D eigenvalue weighted by molar-refractivity contribution is 5.94. The van der Waals surface area contributed by atoms with Crippen molar-refractivity contribution in [1.82, 2.24) is 5.32 Å². The Balaban J connectivity index is 2.04. The van der Waals surface area contributed by atoms with E-state index in [-0.39, 0.29) is 24.6 Å². The largest absolute Gasteiger partial charge is 0.396 e. The van der Waals surface area contributed by atoms with Gasteiger partial charge in [-0.3, -0.25) is 4.79 Å². The molecule has 1 amide bonds. The molecule has 1 unspecified atom stereocenters. The first-order chi connectivity index (χ1) is 10.6. The van der Waals surface area contributed by atoms with Crippen LogP contribution < -0.4 is 5.32 Å². The molecule has 0 bridgehead atoms. The molecule has 0 saturated heterocycles. The zero-order valence-electron chi connectivity index (χ0n) is 11.9. The molecule has 3 nitrogen and oxygen atoms in total. The van der Waals surface area contributed by atoms with Crippen LogP contribution in [0.3, 0.4) is 0 Å². The first-order valence-corrected chi connectivity index (χ1v) is 7.00. The maximum Gasteiger partial charge on any atom is 0.251 e. The van der Waals surface area contributed by atoms with Gasteiger partial charge in [-0.25, -0.2) is 8.78 Å². The molecule has 1 atom stereocenters. The van der Waals surface area contributed by atoms with Crippen LogP contribution in [0.15, 0.2) is 48.5 Å². The monoisotopic (exact) mass is 305 g/mol. The second-order valence-electron chi connectivity index (χ2n) is 4.99. The van der Waals surface area contributed by atoms with Gasteiger partial charge in [0, 0.05) is 30.7 Å². The summed E-state index contributed by atoms with van der Waals surface area (Å²) in [5.41, 5.74) is 0.926. The lowest BCUT2D eigenvalue weighted by Crippen LogP contribution is -2.29. The molecule has 0 fully saturated rings. The number of amides is 1. The fourth-order valence-electron chi connectivity index (χ4n) is 2.27. The van der Waals surface area contributed by atoms with Crippen LogP contribution in [0.4, 0.5) is 8.78 Å². The quantitative estimate of drug-likeness (QED) is 0.862. The van der Waals surface area contributed by atoms with Gasteiger partial charge < -0.3 is 10.4 Å². The molecule has 2 aromatic carbocycles. The van der Waals surface area contributed by atoms with Crippen molar-refractivity contribution in [2.45, 2.75) is 12.3 Å². The third-order valence-electron chi connectivity index (χ3n) is 3.38. The maximum absolute atomic E-state index is 13.1. The summed E-state index contributed by atoms with van der Waals surface area (Å²) in [5, 5.41) is 11.8. The molecule has 0 aliphatic carbocycles. The van der Waals surface area contributed by atoms with Gasteiger partial charge in [-0.2, -0.15) is 0 Å². The average Bonchev–Trinajstić information content (AvgIpc) is 2.51. The Morgan fingerprint density at radius 2 is 1.73 bits per heavy atom. The number of carbonyl (C=O) groups excluding carboxylic acids is 1. The van der Waals surface area contributed by atoms with Gasteiger partial charge in [-0.15, -0.1) is 0 Å². The minimum Gasteiger partial charge on any atom is -0.396 e. The number of hydrogen-bond donors (Lipinski definition) is 2. The smallest absolute Gasteiger partial charge is 0.251 e. The van der Waals surface area contributed by atoms with E-state index in [9.17, 15) is 13.6 Å². The molecule has 0 radical (unpaired) electrons. The van der Waals surface area contributed by atoms with E-state index in [0.29, 0.717) is 6.42 Å². The number of halogens is 2. The van der Waals surface area contributed by atoms with Crippen LogP contribution in [-0.4, -0.2) is 24.2 Å². The number of hydrogen-bond acceptors (Lipinski definition) is 2. The normalized spacial score (nSPS) is 12.0. The van der Waals surface area contributed by atoms with Gasteiger partial charge in [0.05, 0.1) is 0 Å². The van der Waals surface area contributed by atoms with Crippen LogP contribution in [-0.2, 0) is 0 Å². The number of aliphatic hydroxyl groups is 1. The number of carbonyl (C=O) groups is 1. The molecule has 116 valence electrons. The zero-order valence-corrected chi connectivity index (χ0v) is 11.9. The molecular formula is C17H17F2NO2. The Morgan fingerprint density at radius 3 is 2.32 bits per heavy atom. The van der Waals surface area contributed by atoms with Crippen molar-refractivity contribution in [3.8, 4) is 0 Å². The van der Waals surface area contributed by atoms with E-state index >= 15 is 0 Å². The fraction of sp³-hybridized carbons (Fsp3) is 0.235. The van der Waals surface area contributed by atoms with Crippen molar-refractivity contribution in [1.29, 1.82) is 0 Å². The van der Waals surface area contributed by atoms with Gasteiger partial charge in [0.1, 0.15) is 11.6 Å². The van der Waals surface area contributed by atoms with Crippen molar-refractivity contribution >= 4 is 5.91 Å². The molecule has 0 aliphatic heterocycles. The molecule has 2 rings (SSSR count). The molecular weight excluding hydrogens is 288 g/mol. The summed E-state index contributed by atoms with van der Waals surface area (Å²) >= 11 is 0. The zero-order chi connectivity index (χ0) is 15.9. The molecule has 2 N–H and O–H groups in total. The summed E-state index contributed by atoms with van der Waals surface area (Å²) < 4.78 is 26.2. The topological polar surface area (TPSA) is 49.3 Å². The Kier molecular flexibility index (Phi) is 5.61. The highest BCUT2D eigenvalue weighted by atomic mass is 19.1. The van der Waals surface area contributed by atoms with E-state index in [2.05, 4.69) is 5.32 Å². The van der Waals surface area contributed by atoms with E-state index in [4.69, 9.17) is 5.11 Å². The molecule has 2 aromatic rings. The molecule has 0 heterocycles. The third-order valence-corrected chi connectivity index (χ3v) is 3.38. The van der Waals surface area contributed by atoms with Crippen molar-refractivity contribution in [2.24, 2.45) is 0 Å². The molecule has 22 heavy (non-hydrogen) atoms. The Hall–Kier alpha value is -2.27. The second kappa shape index (κ2) is 7.66. The minimum absolute atomic E-state index is 0.00990. The van der Waals surface area contributed by atoms with Crippen LogP contribution in [0.5, 0.6) is 0 Å². The number of aliphatic hydroxyl groups excluding tert-OH is 1. The minimum atomic E-state index is -0.792. The fourth-order valence-corrected chi connectivity index (χ4v) is 2.27. The van der Waals surface area contributed by atoms with Crippen molar-refractivity contribution in [3.05, 3.63) is 71.3 Å². The van der Waals surface area contributed by atoms with Crippen molar-refractivity contribution < 1.29 is 18.7 Å². The number of benzene rings is 2. The summed E-state index contributed by atoms with van der Waals surface area (Å²) in [6, 6.07) is 12.2. The van der Waals surface area contributed by atoms with Crippen LogP contribution in [0, 0.1) is 11.6 Å². The summed E-state index contributed by atoms with van der Waals surface area (Å²) in [7, 11) is 0. The van der Waals surface area contributed by atoms with Gasteiger partial charge >= 0.3 is 0 Å². The average molecular weight is 305 g/mol. The second-order valence-corrected chi connectivity index (χ2v) is 4.99. The van der Waals surface area contributed by atoms with E-state index in [0.717, 1.165) is 23.8 Å². The summed E-state index contributed by atoms with van der Waals surface area (Å²) in [6.45, 7) is 0.269.